The van der Waals surface area contributed by atoms with Crippen molar-refractivity contribution in [2.45, 2.75) is 19.8 Å². The lowest BCUT2D eigenvalue weighted by Crippen LogP contribution is -2.04. The highest BCUT2D eigenvalue weighted by Gasteiger charge is 2.06. The van der Waals surface area contributed by atoms with Gasteiger partial charge in [0.25, 0.3) is 0 Å². The van der Waals surface area contributed by atoms with Crippen molar-refractivity contribution in [3.8, 4) is 0 Å². The Morgan fingerprint density at radius 1 is 1.22 bits per heavy atom. The maximum atomic E-state index is 9.07. The summed E-state index contributed by atoms with van der Waals surface area (Å²) >= 11 is 0. The van der Waals surface area contributed by atoms with Crippen molar-refractivity contribution in [2.75, 3.05) is 0 Å². The highest BCUT2D eigenvalue weighted by Crippen LogP contribution is 2.12. The molecule has 0 aliphatic heterocycles. The first-order valence-corrected chi connectivity index (χ1v) is 5.84. The van der Waals surface area contributed by atoms with Gasteiger partial charge in [-0.25, -0.2) is 0 Å². The standard InChI is InChI=1S/C14H15N3O/c1-11-4-2-3-5-12(11)6-7-14(17-18)13-8-9-15-16-10-13/h2-5,8-10,18H,6-7H2,1H3. The molecule has 4 heteroatoms. The summed E-state index contributed by atoms with van der Waals surface area (Å²) in [5, 5.41) is 19.9. The van der Waals surface area contributed by atoms with E-state index in [0.717, 1.165) is 12.0 Å². The molecule has 2 aromatic rings. The van der Waals surface area contributed by atoms with Crippen LogP contribution in [-0.4, -0.2) is 21.1 Å². The molecule has 0 aliphatic rings. The number of hydrogen-bond donors (Lipinski definition) is 1. The first-order valence-electron chi connectivity index (χ1n) is 5.84. The van der Waals surface area contributed by atoms with Gasteiger partial charge in [-0.05, 0) is 37.0 Å². The van der Waals surface area contributed by atoms with Crippen molar-refractivity contribution in [1.82, 2.24) is 10.2 Å². The average molecular weight is 241 g/mol. The first kappa shape index (κ1) is 12.2. The fraction of sp³-hybridized carbons (Fsp3) is 0.214. The lowest BCUT2D eigenvalue weighted by Gasteiger charge is -2.06. The van der Waals surface area contributed by atoms with E-state index in [1.165, 1.54) is 11.1 Å². The topological polar surface area (TPSA) is 58.4 Å². The Bertz CT molecular complexity index is 538. The van der Waals surface area contributed by atoms with Crippen LogP contribution in [0.25, 0.3) is 0 Å². The minimum absolute atomic E-state index is 0.633. The molecule has 0 saturated heterocycles. The second-order valence-corrected chi connectivity index (χ2v) is 4.10. The summed E-state index contributed by atoms with van der Waals surface area (Å²) in [6.45, 7) is 2.08. The normalized spacial score (nSPS) is 11.5. The molecule has 0 bridgehead atoms. The predicted octanol–water partition coefficient (Wildman–Crippen LogP) is 2.60. The molecule has 18 heavy (non-hydrogen) atoms. The largest absolute Gasteiger partial charge is 0.411 e. The minimum Gasteiger partial charge on any atom is -0.411 e. The van der Waals surface area contributed by atoms with Gasteiger partial charge in [0.15, 0.2) is 0 Å². The first-order chi connectivity index (χ1) is 8.81. The van der Waals surface area contributed by atoms with E-state index in [4.69, 9.17) is 5.21 Å². The van der Waals surface area contributed by atoms with Gasteiger partial charge in [0, 0.05) is 5.56 Å². The maximum Gasteiger partial charge on any atom is 0.0887 e. The van der Waals surface area contributed by atoms with E-state index in [-0.39, 0.29) is 0 Å². The van der Waals surface area contributed by atoms with E-state index in [1.807, 2.05) is 12.1 Å². The van der Waals surface area contributed by atoms with Gasteiger partial charge in [-0.15, -0.1) is 0 Å². The van der Waals surface area contributed by atoms with E-state index in [0.29, 0.717) is 12.1 Å². The van der Waals surface area contributed by atoms with Crippen LogP contribution < -0.4 is 0 Å². The number of hydrogen-bond acceptors (Lipinski definition) is 4. The van der Waals surface area contributed by atoms with Crippen molar-refractivity contribution >= 4 is 5.71 Å². The second kappa shape index (κ2) is 5.91. The van der Waals surface area contributed by atoms with E-state index in [2.05, 4.69) is 34.4 Å². The van der Waals surface area contributed by atoms with Gasteiger partial charge in [-0.1, -0.05) is 29.4 Å². The number of aromatic nitrogens is 2. The van der Waals surface area contributed by atoms with Gasteiger partial charge < -0.3 is 5.21 Å². The molecule has 0 radical (unpaired) electrons. The van der Waals surface area contributed by atoms with Crippen LogP contribution in [0.1, 0.15) is 23.1 Å². The lowest BCUT2D eigenvalue weighted by molar-refractivity contribution is 0.318. The molecule has 0 fully saturated rings. The van der Waals surface area contributed by atoms with Crippen molar-refractivity contribution < 1.29 is 5.21 Å². The van der Waals surface area contributed by atoms with Gasteiger partial charge in [-0.3, -0.25) is 0 Å². The van der Waals surface area contributed by atoms with Gasteiger partial charge in [0.1, 0.15) is 0 Å². The van der Waals surface area contributed by atoms with Crippen LogP contribution in [0.15, 0.2) is 47.9 Å². The zero-order valence-electron chi connectivity index (χ0n) is 10.2. The Hall–Kier alpha value is -2.23. The third-order valence-electron chi connectivity index (χ3n) is 2.93. The Labute approximate surface area is 106 Å². The molecule has 1 N–H and O–H groups in total. The van der Waals surface area contributed by atoms with E-state index in [9.17, 15) is 0 Å². The van der Waals surface area contributed by atoms with E-state index >= 15 is 0 Å². The lowest BCUT2D eigenvalue weighted by atomic mass is 10.0. The van der Waals surface area contributed by atoms with Crippen molar-refractivity contribution in [3.63, 3.8) is 0 Å². The van der Waals surface area contributed by atoms with Crippen LogP contribution in [0.5, 0.6) is 0 Å². The average Bonchev–Trinajstić information content (AvgIpc) is 2.42. The summed E-state index contributed by atoms with van der Waals surface area (Å²) in [5.41, 5.74) is 3.96. The number of aryl methyl sites for hydroxylation is 2. The quantitative estimate of drug-likeness (QED) is 0.508. The van der Waals surface area contributed by atoms with Gasteiger partial charge in [0.05, 0.1) is 18.1 Å². The second-order valence-electron chi connectivity index (χ2n) is 4.10. The van der Waals surface area contributed by atoms with Gasteiger partial charge in [-0.2, -0.15) is 10.2 Å². The monoisotopic (exact) mass is 241 g/mol. The summed E-state index contributed by atoms with van der Waals surface area (Å²) < 4.78 is 0. The molecule has 4 nitrogen and oxygen atoms in total. The smallest absolute Gasteiger partial charge is 0.0887 e. The Morgan fingerprint density at radius 2 is 2.06 bits per heavy atom. The molecular formula is C14H15N3O. The molecule has 2 rings (SSSR count). The van der Waals surface area contributed by atoms with Crippen LogP contribution in [0.4, 0.5) is 0 Å². The Balaban J connectivity index is 2.08. The molecule has 1 aromatic heterocycles. The molecule has 1 aromatic carbocycles. The van der Waals surface area contributed by atoms with E-state index in [1.54, 1.807) is 18.5 Å². The molecule has 1 heterocycles. The van der Waals surface area contributed by atoms with Crippen LogP contribution in [0, 0.1) is 6.92 Å². The minimum atomic E-state index is 0.633. The Kier molecular flexibility index (Phi) is 4.02. The maximum absolute atomic E-state index is 9.07. The zero-order valence-corrected chi connectivity index (χ0v) is 10.2. The summed E-state index contributed by atoms with van der Waals surface area (Å²) in [4.78, 5) is 0. The number of benzene rings is 1. The molecular weight excluding hydrogens is 226 g/mol. The molecule has 92 valence electrons. The molecule has 0 atom stereocenters. The third kappa shape index (κ3) is 2.91. The molecule has 0 amide bonds. The third-order valence-corrected chi connectivity index (χ3v) is 2.93. The van der Waals surface area contributed by atoms with Crippen LogP contribution >= 0.6 is 0 Å². The molecule has 0 saturated carbocycles. The van der Waals surface area contributed by atoms with Gasteiger partial charge in [0.2, 0.25) is 0 Å². The molecule has 0 unspecified atom stereocenters. The van der Waals surface area contributed by atoms with Crippen molar-refractivity contribution in [1.29, 1.82) is 0 Å². The van der Waals surface area contributed by atoms with Crippen molar-refractivity contribution in [2.24, 2.45) is 5.16 Å². The number of oxime groups is 1. The summed E-state index contributed by atoms with van der Waals surface area (Å²) in [6, 6.07) is 10.0. The highest BCUT2D eigenvalue weighted by molar-refractivity contribution is 5.99. The SMILES string of the molecule is Cc1ccccc1CCC(=NO)c1ccnnc1. The Morgan fingerprint density at radius 3 is 2.72 bits per heavy atom. The molecule has 0 spiro atoms. The van der Waals surface area contributed by atoms with Gasteiger partial charge >= 0.3 is 0 Å². The summed E-state index contributed by atoms with van der Waals surface area (Å²) in [7, 11) is 0. The molecule has 0 aliphatic carbocycles. The summed E-state index contributed by atoms with van der Waals surface area (Å²) in [5.74, 6) is 0. The van der Waals surface area contributed by atoms with E-state index < -0.39 is 0 Å². The highest BCUT2D eigenvalue weighted by atomic mass is 16.4. The van der Waals surface area contributed by atoms with Crippen molar-refractivity contribution in [3.05, 3.63) is 59.4 Å². The fourth-order valence-corrected chi connectivity index (χ4v) is 1.86. The van der Waals surface area contributed by atoms with Crippen LogP contribution in [0.2, 0.25) is 0 Å². The predicted molar refractivity (Wildman–Crippen MR) is 69.9 cm³/mol. The van der Waals surface area contributed by atoms with Crippen LogP contribution in [0.3, 0.4) is 0 Å². The number of nitrogens with zero attached hydrogens (tertiary/aromatic N) is 3. The fourth-order valence-electron chi connectivity index (χ4n) is 1.86. The summed E-state index contributed by atoms with van der Waals surface area (Å²) in [6.07, 6.45) is 4.71. The zero-order chi connectivity index (χ0) is 12.8. The van der Waals surface area contributed by atoms with Crippen LogP contribution in [-0.2, 0) is 6.42 Å². The number of rotatable bonds is 4.